The van der Waals surface area contributed by atoms with Crippen LogP contribution >= 0.6 is 0 Å². The van der Waals surface area contributed by atoms with Gasteiger partial charge in [0.1, 0.15) is 6.04 Å². The summed E-state index contributed by atoms with van der Waals surface area (Å²) in [4.78, 5) is 39.5. The van der Waals surface area contributed by atoms with Crippen molar-refractivity contribution < 1.29 is 14.4 Å². The van der Waals surface area contributed by atoms with E-state index in [0.29, 0.717) is 47.8 Å². The van der Waals surface area contributed by atoms with Crippen molar-refractivity contribution in [2.75, 3.05) is 5.32 Å². The Hall–Kier alpha value is -3.42. The second-order valence-electron chi connectivity index (χ2n) is 8.17. The number of nitrogens with one attached hydrogen (secondary N) is 2. The summed E-state index contributed by atoms with van der Waals surface area (Å²) in [5.74, 6) is -0.753. The van der Waals surface area contributed by atoms with Crippen LogP contribution < -0.4 is 10.6 Å². The van der Waals surface area contributed by atoms with Crippen molar-refractivity contribution in [1.29, 1.82) is 0 Å². The van der Waals surface area contributed by atoms with Crippen LogP contribution in [-0.4, -0.2) is 38.4 Å². The maximum atomic E-state index is 13.1. The molecule has 2 aromatic rings. The number of carbonyl (C=O) groups is 3. The van der Waals surface area contributed by atoms with Crippen molar-refractivity contribution >= 4 is 23.4 Å². The Labute approximate surface area is 174 Å². The van der Waals surface area contributed by atoms with E-state index in [1.807, 2.05) is 10.9 Å². The third-order valence-corrected chi connectivity index (χ3v) is 5.30. The van der Waals surface area contributed by atoms with Crippen LogP contribution in [0.4, 0.5) is 5.69 Å². The van der Waals surface area contributed by atoms with Gasteiger partial charge in [-0.25, -0.2) is 0 Å². The number of hydrogen-bond acceptors (Lipinski definition) is 5. The first-order chi connectivity index (χ1) is 14.3. The Balaban J connectivity index is 1.54. The minimum atomic E-state index is -0.815. The highest BCUT2D eigenvalue weighted by molar-refractivity contribution is 6.25. The summed E-state index contributed by atoms with van der Waals surface area (Å²) in [7, 11) is 0. The zero-order valence-corrected chi connectivity index (χ0v) is 17.1. The molecule has 1 atom stereocenters. The van der Waals surface area contributed by atoms with Gasteiger partial charge >= 0.3 is 0 Å². The van der Waals surface area contributed by atoms with Crippen LogP contribution in [0.5, 0.6) is 0 Å². The fourth-order valence-corrected chi connectivity index (χ4v) is 3.91. The topological polar surface area (TPSA) is 96.3 Å². The summed E-state index contributed by atoms with van der Waals surface area (Å²) < 4.78 is 1.89. The monoisotopic (exact) mass is 407 g/mol. The molecule has 4 rings (SSSR count). The lowest BCUT2D eigenvalue weighted by Crippen LogP contribution is -2.51. The van der Waals surface area contributed by atoms with E-state index in [-0.39, 0.29) is 5.91 Å². The maximum Gasteiger partial charge on any atom is 0.264 e. The lowest BCUT2D eigenvalue weighted by Gasteiger charge is -2.29. The van der Waals surface area contributed by atoms with E-state index in [0.717, 1.165) is 17.0 Å². The van der Waals surface area contributed by atoms with Gasteiger partial charge in [-0.3, -0.25) is 24.0 Å². The predicted octanol–water partition coefficient (Wildman–Crippen LogP) is 2.54. The Morgan fingerprint density at radius 3 is 2.80 bits per heavy atom. The molecule has 1 fully saturated rings. The van der Waals surface area contributed by atoms with Gasteiger partial charge in [0.15, 0.2) is 0 Å². The summed E-state index contributed by atoms with van der Waals surface area (Å²) in [5, 5.41) is 10.3. The second-order valence-corrected chi connectivity index (χ2v) is 8.17. The standard InChI is InChI=1S/C22H25N5O3/c1-13(2)11-26-12-15(10-24-26)9-23-17-6-4-5-16-19(17)22(30)27(21(16)29)18-8-7-14(3)25-20(18)28/h4-6,10,12-13,18,23H,3,7-9,11H2,1-2H3,(H,25,28). The van der Waals surface area contributed by atoms with E-state index in [2.05, 4.69) is 36.2 Å². The third kappa shape index (κ3) is 3.60. The summed E-state index contributed by atoms with van der Waals surface area (Å²) in [6, 6.07) is 4.32. The molecule has 3 amide bonds. The molecule has 156 valence electrons. The molecule has 0 bridgehead atoms. The molecule has 2 aliphatic heterocycles. The fourth-order valence-electron chi connectivity index (χ4n) is 3.91. The van der Waals surface area contributed by atoms with E-state index in [1.54, 1.807) is 24.4 Å². The number of allylic oxidation sites excluding steroid dienone is 1. The van der Waals surface area contributed by atoms with Gasteiger partial charge in [-0.05, 0) is 30.9 Å². The Kier molecular flexibility index (Phi) is 5.15. The van der Waals surface area contributed by atoms with Gasteiger partial charge in [0.2, 0.25) is 5.91 Å². The number of fused-ring (bicyclic) bond motifs is 1. The highest BCUT2D eigenvalue weighted by atomic mass is 16.2. The third-order valence-electron chi connectivity index (χ3n) is 5.30. The van der Waals surface area contributed by atoms with E-state index >= 15 is 0 Å². The summed E-state index contributed by atoms with van der Waals surface area (Å²) in [6.45, 7) is 9.31. The first-order valence-electron chi connectivity index (χ1n) is 10.1. The molecule has 1 aromatic carbocycles. The van der Waals surface area contributed by atoms with E-state index in [9.17, 15) is 14.4 Å². The van der Waals surface area contributed by atoms with Crippen molar-refractivity contribution in [2.45, 2.75) is 45.8 Å². The highest BCUT2D eigenvalue weighted by Crippen LogP contribution is 2.33. The van der Waals surface area contributed by atoms with E-state index in [1.165, 1.54) is 0 Å². The van der Waals surface area contributed by atoms with Crippen LogP contribution in [0.2, 0.25) is 0 Å². The molecule has 0 aliphatic carbocycles. The van der Waals surface area contributed by atoms with Gasteiger partial charge in [0.05, 0.1) is 17.3 Å². The molecule has 2 N–H and O–H groups in total. The number of benzene rings is 1. The van der Waals surface area contributed by atoms with E-state index < -0.39 is 17.9 Å². The number of carbonyl (C=O) groups excluding carboxylic acids is 3. The molecule has 0 spiro atoms. The van der Waals surface area contributed by atoms with Crippen LogP contribution in [0.15, 0.2) is 42.9 Å². The van der Waals surface area contributed by atoms with Crippen LogP contribution in [-0.2, 0) is 17.9 Å². The molecule has 30 heavy (non-hydrogen) atoms. The fraction of sp³-hybridized carbons (Fsp3) is 0.364. The average molecular weight is 407 g/mol. The SMILES string of the molecule is C=C1CCC(N2C(=O)c3cccc(NCc4cnn(CC(C)C)c4)c3C2=O)C(=O)N1. The first kappa shape index (κ1) is 19.9. The number of nitrogens with zero attached hydrogens (tertiary/aromatic N) is 3. The number of rotatable bonds is 6. The van der Waals surface area contributed by atoms with Gasteiger partial charge in [-0.1, -0.05) is 26.5 Å². The Morgan fingerprint density at radius 2 is 2.07 bits per heavy atom. The van der Waals surface area contributed by atoms with Gasteiger partial charge in [-0.2, -0.15) is 5.10 Å². The van der Waals surface area contributed by atoms with Gasteiger partial charge in [-0.15, -0.1) is 0 Å². The Bertz CT molecular complexity index is 1040. The Morgan fingerprint density at radius 1 is 1.27 bits per heavy atom. The first-order valence-corrected chi connectivity index (χ1v) is 10.1. The summed E-state index contributed by atoms with van der Waals surface area (Å²) >= 11 is 0. The molecule has 2 aliphatic rings. The minimum absolute atomic E-state index is 0.314. The normalized spacial score (nSPS) is 18.8. The number of piperidine rings is 1. The molecule has 8 heteroatoms. The number of aromatic nitrogens is 2. The van der Waals surface area contributed by atoms with Gasteiger partial charge < -0.3 is 10.6 Å². The van der Waals surface area contributed by atoms with E-state index in [4.69, 9.17) is 0 Å². The van der Waals surface area contributed by atoms with Crippen molar-refractivity contribution in [3.05, 3.63) is 59.6 Å². The van der Waals surface area contributed by atoms with Crippen molar-refractivity contribution in [3.63, 3.8) is 0 Å². The summed E-state index contributed by atoms with van der Waals surface area (Å²) in [6.07, 6.45) is 4.68. The molecule has 0 saturated carbocycles. The number of hydrogen-bond donors (Lipinski definition) is 2. The molecule has 0 radical (unpaired) electrons. The average Bonchev–Trinajstić information content (AvgIpc) is 3.23. The van der Waals surface area contributed by atoms with Crippen molar-refractivity contribution in [2.24, 2.45) is 5.92 Å². The second kappa shape index (κ2) is 7.78. The number of anilines is 1. The lowest BCUT2D eigenvalue weighted by molar-refractivity contribution is -0.125. The molecule has 8 nitrogen and oxygen atoms in total. The maximum absolute atomic E-state index is 13.1. The van der Waals surface area contributed by atoms with Crippen LogP contribution in [0, 0.1) is 5.92 Å². The molecular formula is C22H25N5O3. The molecule has 1 aromatic heterocycles. The minimum Gasteiger partial charge on any atom is -0.380 e. The van der Waals surface area contributed by atoms with Gasteiger partial charge in [0.25, 0.3) is 11.8 Å². The van der Waals surface area contributed by atoms with Crippen LogP contribution in [0.25, 0.3) is 0 Å². The molecule has 1 saturated heterocycles. The van der Waals surface area contributed by atoms with Crippen LogP contribution in [0.3, 0.4) is 0 Å². The summed E-state index contributed by atoms with van der Waals surface area (Å²) in [5.41, 5.74) is 2.79. The van der Waals surface area contributed by atoms with Crippen LogP contribution in [0.1, 0.15) is 53.0 Å². The molecule has 3 heterocycles. The predicted molar refractivity (Wildman–Crippen MR) is 112 cm³/mol. The van der Waals surface area contributed by atoms with Gasteiger partial charge in [0, 0.05) is 36.2 Å². The largest absolute Gasteiger partial charge is 0.380 e. The van der Waals surface area contributed by atoms with Crippen molar-refractivity contribution in [3.8, 4) is 0 Å². The number of imide groups is 1. The zero-order chi connectivity index (χ0) is 21.4. The zero-order valence-electron chi connectivity index (χ0n) is 17.1. The number of amides is 3. The molecule has 1 unspecified atom stereocenters. The lowest BCUT2D eigenvalue weighted by atomic mass is 10.0. The quantitative estimate of drug-likeness (QED) is 0.718. The smallest absolute Gasteiger partial charge is 0.264 e. The highest BCUT2D eigenvalue weighted by Gasteiger charge is 2.44. The molecular weight excluding hydrogens is 382 g/mol. The van der Waals surface area contributed by atoms with Crippen molar-refractivity contribution in [1.82, 2.24) is 20.0 Å².